The largest absolute Gasteiger partial charge is 0.483 e. The molecule has 3 aliphatic heterocycles. The molecule has 4 rings (SSSR count). The first-order valence-electron chi connectivity index (χ1n) is 9.74. The van der Waals surface area contributed by atoms with Gasteiger partial charge in [0.15, 0.2) is 5.84 Å². The second-order valence-corrected chi connectivity index (χ2v) is 7.45. The van der Waals surface area contributed by atoms with Gasteiger partial charge in [-0.15, -0.1) is 0 Å². The van der Waals surface area contributed by atoms with Gasteiger partial charge in [0.2, 0.25) is 6.29 Å². The van der Waals surface area contributed by atoms with Crippen molar-refractivity contribution in [1.82, 2.24) is 10.3 Å². The average Bonchev–Trinajstić information content (AvgIpc) is 2.66. The van der Waals surface area contributed by atoms with Crippen LogP contribution >= 0.6 is 0 Å². The quantitative estimate of drug-likeness (QED) is 0.531. The lowest BCUT2D eigenvalue weighted by atomic mass is 10.1. The number of benzene rings is 1. The van der Waals surface area contributed by atoms with Crippen LogP contribution in [0, 0.1) is 5.82 Å². The van der Waals surface area contributed by atoms with E-state index >= 15 is 0 Å². The molecular formula is C19H22FN5O6. The Morgan fingerprint density at radius 1 is 1.35 bits per heavy atom. The number of esters is 1. The number of anilines is 2. The zero-order chi connectivity index (χ0) is 22.3. The number of carbonyl (C=O) groups is 3. The van der Waals surface area contributed by atoms with Crippen molar-refractivity contribution in [3.05, 3.63) is 17.9 Å². The van der Waals surface area contributed by atoms with E-state index in [2.05, 4.69) is 15.8 Å². The van der Waals surface area contributed by atoms with Crippen molar-refractivity contribution in [3.63, 3.8) is 0 Å². The van der Waals surface area contributed by atoms with Crippen LogP contribution in [-0.4, -0.2) is 66.8 Å². The summed E-state index contributed by atoms with van der Waals surface area (Å²) in [5, 5.41) is 7.06. The summed E-state index contributed by atoms with van der Waals surface area (Å²) in [6, 6.07) is 2.10. The Kier molecular flexibility index (Phi) is 5.29. The van der Waals surface area contributed by atoms with E-state index in [1.807, 2.05) is 0 Å². The van der Waals surface area contributed by atoms with Crippen LogP contribution in [0.3, 0.4) is 0 Å². The molecule has 3 aliphatic rings. The molecule has 1 fully saturated rings. The van der Waals surface area contributed by atoms with Crippen molar-refractivity contribution < 1.29 is 33.0 Å². The van der Waals surface area contributed by atoms with Gasteiger partial charge in [0.1, 0.15) is 24.2 Å². The van der Waals surface area contributed by atoms with Gasteiger partial charge < -0.3 is 29.3 Å². The van der Waals surface area contributed by atoms with Crippen LogP contribution < -0.4 is 20.4 Å². The van der Waals surface area contributed by atoms with E-state index in [1.54, 1.807) is 17.9 Å². The molecule has 0 bridgehead atoms. The summed E-state index contributed by atoms with van der Waals surface area (Å²) in [5.41, 5.74) is 3.18. The predicted octanol–water partition coefficient (Wildman–Crippen LogP) is 0.998. The number of likely N-dealkylation sites (tertiary alicyclic amines) is 1. The summed E-state index contributed by atoms with van der Waals surface area (Å²) in [5.74, 6) is -0.494. The minimum atomic E-state index is -0.991. The fraction of sp³-hybridized carbons (Fsp3) is 0.474. The fourth-order valence-electron chi connectivity index (χ4n) is 3.57. The Hall–Kier alpha value is -3.57. The van der Waals surface area contributed by atoms with Gasteiger partial charge in [-0.3, -0.25) is 9.59 Å². The number of rotatable bonds is 4. The highest BCUT2D eigenvalue weighted by Gasteiger charge is 2.37. The van der Waals surface area contributed by atoms with E-state index in [9.17, 15) is 18.8 Å². The zero-order valence-corrected chi connectivity index (χ0v) is 17.2. The lowest BCUT2D eigenvalue weighted by Crippen LogP contribution is -2.57. The minimum absolute atomic E-state index is 0.120. The fourth-order valence-corrected chi connectivity index (χ4v) is 3.57. The van der Waals surface area contributed by atoms with Crippen molar-refractivity contribution in [2.75, 3.05) is 29.9 Å². The molecule has 1 aromatic carbocycles. The van der Waals surface area contributed by atoms with Crippen LogP contribution in [0.15, 0.2) is 17.2 Å². The van der Waals surface area contributed by atoms with Gasteiger partial charge in [-0.2, -0.15) is 5.10 Å². The number of carbonyl (C=O) groups excluding carboxylic acids is 3. The first kappa shape index (κ1) is 20.7. The Balaban J connectivity index is 1.41. The smallest absolute Gasteiger partial charge is 0.412 e. The van der Waals surface area contributed by atoms with Crippen molar-refractivity contribution in [2.24, 2.45) is 5.10 Å². The predicted molar refractivity (Wildman–Crippen MR) is 106 cm³/mol. The highest BCUT2D eigenvalue weighted by molar-refractivity contribution is 6.09. The molecule has 2 atom stereocenters. The highest BCUT2D eigenvalue weighted by atomic mass is 19.1. The van der Waals surface area contributed by atoms with Gasteiger partial charge in [-0.1, -0.05) is 0 Å². The molecule has 1 saturated heterocycles. The Bertz CT molecular complexity index is 963. The molecule has 0 saturated carbocycles. The molecule has 0 aliphatic carbocycles. The Morgan fingerprint density at radius 3 is 2.81 bits per heavy atom. The number of halogens is 1. The number of amides is 2. The monoisotopic (exact) mass is 435 g/mol. The summed E-state index contributed by atoms with van der Waals surface area (Å²) < 4.78 is 30.0. The number of hydrogen-bond donors (Lipinski definition) is 2. The summed E-state index contributed by atoms with van der Waals surface area (Å²) in [7, 11) is 0. The van der Waals surface area contributed by atoms with Gasteiger partial charge in [0.25, 0.3) is 5.91 Å². The van der Waals surface area contributed by atoms with E-state index in [-0.39, 0.29) is 37.3 Å². The van der Waals surface area contributed by atoms with Gasteiger partial charge >= 0.3 is 12.1 Å². The van der Waals surface area contributed by atoms with Crippen molar-refractivity contribution >= 4 is 35.2 Å². The van der Waals surface area contributed by atoms with Crippen LogP contribution in [-0.2, 0) is 19.1 Å². The number of hydrazone groups is 1. The van der Waals surface area contributed by atoms with Gasteiger partial charge in [-0.25, -0.2) is 14.6 Å². The number of nitrogens with zero attached hydrogens (tertiary/aromatic N) is 3. The number of amidine groups is 1. The maximum Gasteiger partial charge on any atom is 0.412 e. The number of fused-ring (bicyclic) bond motifs is 3. The topological polar surface area (TPSA) is 122 Å². The van der Waals surface area contributed by atoms with E-state index in [0.29, 0.717) is 17.3 Å². The van der Waals surface area contributed by atoms with E-state index in [4.69, 9.17) is 14.2 Å². The first-order chi connectivity index (χ1) is 14.7. The summed E-state index contributed by atoms with van der Waals surface area (Å²) in [6.45, 7) is 5.08. The van der Waals surface area contributed by atoms with E-state index < -0.39 is 30.2 Å². The number of nitrogens with one attached hydrogen (secondary N) is 2. The van der Waals surface area contributed by atoms with Crippen LogP contribution in [0.4, 0.5) is 20.6 Å². The van der Waals surface area contributed by atoms with Gasteiger partial charge in [0, 0.05) is 33.0 Å². The third-order valence-corrected chi connectivity index (χ3v) is 5.10. The third kappa shape index (κ3) is 4.05. The number of ether oxygens (including phenoxy) is 3. The van der Waals surface area contributed by atoms with Crippen LogP contribution in [0.1, 0.15) is 20.8 Å². The lowest BCUT2D eigenvalue weighted by molar-refractivity contribution is -0.163. The molecule has 0 spiro atoms. The van der Waals surface area contributed by atoms with Gasteiger partial charge in [-0.05, 0) is 13.0 Å². The summed E-state index contributed by atoms with van der Waals surface area (Å²) in [6.07, 6.45) is -1.62. The SMILES string of the molecule is CC(=O)OC(C)OC(=O)N1CC(Nc2cc3c(cc2F)OCC2=NNC(=O)[C@@H](C)N23)C1. The first-order valence-corrected chi connectivity index (χ1v) is 9.74. The lowest BCUT2D eigenvalue weighted by Gasteiger charge is -2.40. The van der Waals surface area contributed by atoms with Crippen molar-refractivity contribution in [3.8, 4) is 5.75 Å². The maximum atomic E-state index is 14.6. The molecule has 0 radical (unpaired) electrons. The second kappa shape index (κ2) is 7.93. The Morgan fingerprint density at radius 2 is 2.10 bits per heavy atom. The van der Waals surface area contributed by atoms with Crippen molar-refractivity contribution in [2.45, 2.75) is 39.1 Å². The molecule has 1 aromatic rings. The molecule has 1 unspecified atom stereocenters. The minimum Gasteiger partial charge on any atom is -0.483 e. The van der Waals surface area contributed by atoms with Gasteiger partial charge in [0.05, 0.1) is 17.4 Å². The maximum absolute atomic E-state index is 14.6. The molecule has 3 heterocycles. The van der Waals surface area contributed by atoms with Crippen LogP contribution in [0.25, 0.3) is 0 Å². The molecule has 166 valence electrons. The molecule has 2 amide bonds. The van der Waals surface area contributed by atoms with E-state index in [0.717, 1.165) is 0 Å². The van der Waals surface area contributed by atoms with E-state index in [1.165, 1.54) is 24.8 Å². The third-order valence-electron chi connectivity index (χ3n) is 5.10. The molecule has 12 heteroatoms. The molecule has 31 heavy (non-hydrogen) atoms. The van der Waals surface area contributed by atoms with Crippen LogP contribution in [0.5, 0.6) is 5.75 Å². The molecule has 11 nitrogen and oxygen atoms in total. The molecule has 2 N–H and O–H groups in total. The molecular weight excluding hydrogens is 413 g/mol. The molecule has 0 aromatic heterocycles. The highest BCUT2D eigenvalue weighted by Crippen LogP contribution is 2.38. The summed E-state index contributed by atoms with van der Waals surface area (Å²) in [4.78, 5) is 38.0. The van der Waals surface area contributed by atoms with Crippen LogP contribution in [0.2, 0.25) is 0 Å². The standard InChI is InChI=1S/C19H22FN5O6/c1-9-18(27)23-22-17-8-29-16-4-13(20)14(5-15(16)25(9)17)21-12-6-24(7-12)19(28)31-11(3)30-10(2)26/h4-5,9,11-12,21H,6-8H2,1-3H3,(H,23,27)/t9-,11?/m1/s1. The zero-order valence-electron chi connectivity index (χ0n) is 17.2. The second-order valence-electron chi connectivity index (χ2n) is 7.45. The Labute approximate surface area is 177 Å². The van der Waals surface area contributed by atoms with Crippen molar-refractivity contribution in [1.29, 1.82) is 0 Å². The summed E-state index contributed by atoms with van der Waals surface area (Å²) >= 11 is 0. The number of hydrogen-bond acceptors (Lipinski definition) is 9. The normalized spacial score (nSPS) is 20.8. The average molecular weight is 435 g/mol.